The van der Waals surface area contributed by atoms with Gasteiger partial charge in [0.2, 0.25) is 0 Å². The SMILES string of the molecule is Cn1cccc1C(=O)OCC(=O)NCc1cccc(Cl)c1. The third-order valence-electron chi connectivity index (χ3n) is 2.87. The minimum Gasteiger partial charge on any atom is -0.451 e. The first-order valence-corrected chi connectivity index (χ1v) is 6.73. The average molecular weight is 307 g/mol. The zero-order chi connectivity index (χ0) is 15.2. The van der Waals surface area contributed by atoms with Crippen molar-refractivity contribution in [3.8, 4) is 0 Å². The van der Waals surface area contributed by atoms with Crippen LogP contribution in [0.5, 0.6) is 0 Å². The summed E-state index contributed by atoms with van der Waals surface area (Å²) in [6.45, 7) is 0.0195. The van der Waals surface area contributed by atoms with Crippen LogP contribution in [0.25, 0.3) is 0 Å². The lowest BCUT2D eigenvalue weighted by molar-refractivity contribution is -0.124. The van der Waals surface area contributed by atoms with Crippen LogP contribution in [0.4, 0.5) is 0 Å². The van der Waals surface area contributed by atoms with Crippen LogP contribution in [0.3, 0.4) is 0 Å². The van der Waals surface area contributed by atoms with Crippen LogP contribution in [0.2, 0.25) is 5.02 Å². The molecule has 1 aromatic carbocycles. The molecule has 1 amide bonds. The third kappa shape index (κ3) is 4.36. The largest absolute Gasteiger partial charge is 0.451 e. The first kappa shape index (κ1) is 15.1. The number of rotatable bonds is 5. The zero-order valence-electron chi connectivity index (χ0n) is 11.5. The van der Waals surface area contributed by atoms with Crippen LogP contribution in [0.1, 0.15) is 16.1 Å². The lowest BCUT2D eigenvalue weighted by Gasteiger charge is -2.07. The van der Waals surface area contributed by atoms with E-state index in [0.29, 0.717) is 17.3 Å². The van der Waals surface area contributed by atoms with Crippen molar-refractivity contribution in [2.45, 2.75) is 6.54 Å². The topological polar surface area (TPSA) is 60.3 Å². The summed E-state index contributed by atoms with van der Waals surface area (Å²) in [6.07, 6.45) is 1.73. The van der Waals surface area contributed by atoms with Crippen molar-refractivity contribution in [3.63, 3.8) is 0 Å². The molecule has 0 aliphatic rings. The Balaban J connectivity index is 1.78. The average Bonchev–Trinajstić information content (AvgIpc) is 2.89. The summed E-state index contributed by atoms with van der Waals surface area (Å²) in [7, 11) is 1.73. The van der Waals surface area contributed by atoms with E-state index < -0.39 is 5.97 Å². The highest BCUT2D eigenvalue weighted by atomic mass is 35.5. The molecule has 6 heteroatoms. The zero-order valence-corrected chi connectivity index (χ0v) is 12.3. The fourth-order valence-electron chi connectivity index (χ4n) is 1.78. The summed E-state index contributed by atoms with van der Waals surface area (Å²) >= 11 is 5.85. The van der Waals surface area contributed by atoms with Gasteiger partial charge in [0, 0.05) is 24.8 Å². The van der Waals surface area contributed by atoms with Crippen LogP contribution in [-0.4, -0.2) is 23.1 Å². The van der Waals surface area contributed by atoms with Crippen LogP contribution < -0.4 is 5.32 Å². The molecule has 5 nitrogen and oxygen atoms in total. The Morgan fingerprint density at radius 2 is 2.10 bits per heavy atom. The van der Waals surface area contributed by atoms with Crippen LogP contribution >= 0.6 is 11.6 Å². The number of amides is 1. The number of nitrogens with zero attached hydrogens (tertiary/aromatic N) is 1. The minimum atomic E-state index is -0.527. The van der Waals surface area contributed by atoms with Crippen LogP contribution in [-0.2, 0) is 23.1 Å². The van der Waals surface area contributed by atoms with Gasteiger partial charge in [-0.25, -0.2) is 4.79 Å². The van der Waals surface area contributed by atoms with Crippen molar-refractivity contribution in [1.29, 1.82) is 0 Å². The maximum Gasteiger partial charge on any atom is 0.355 e. The molecule has 1 aromatic heterocycles. The normalized spacial score (nSPS) is 10.2. The van der Waals surface area contributed by atoms with Crippen molar-refractivity contribution < 1.29 is 14.3 Å². The second kappa shape index (κ2) is 6.95. The quantitative estimate of drug-likeness (QED) is 0.861. The van der Waals surface area contributed by atoms with Gasteiger partial charge in [0.15, 0.2) is 6.61 Å². The highest BCUT2D eigenvalue weighted by Gasteiger charge is 2.12. The number of ether oxygens (including phenoxy) is 1. The predicted octanol–water partition coefficient (Wildman–Crippen LogP) is 2.15. The van der Waals surface area contributed by atoms with Gasteiger partial charge >= 0.3 is 5.97 Å². The Morgan fingerprint density at radius 1 is 1.29 bits per heavy atom. The molecule has 0 bridgehead atoms. The second-order valence-corrected chi connectivity index (χ2v) is 4.92. The van der Waals surface area contributed by atoms with Gasteiger partial charge in [-0.3, -0.25) is 4.79 Å². The van der Waals surface area contributed by atoms with Gasteiger partial charge < -0.3 is 14.6 Å². The summed E-state index contributed by atoms with van der Waals surface area (Å²) in [5.74, 6) is -0.891. The first-order chi connectivity index (χ1) is 10.1. The molecule has 0 aliphatic heterocycles. The molecule has 2 aromatic rings. The number of nitrogens with one attached hydrogen (secondary N) is 1. The summed E-state index contributed by atoms with van der Waals surface area (Å²) in [6, 6.07) is 10.5. The summed E-state index contributed by atoms with van der Waals surface area (Å²) in [5.41, 5.74) is 1.28. The number of carbonyl (C=O) groups excluding carboxylic acids is 2. The van der Waals surface area contributed by atoms with Gasteiger partial charge in [-0.05, 0) is 29.8 Å². The van der Waals surface area contributed by atoms with Gasteiger partial charge in [-0.1, -0.05) is 23.7 Å². The van der Waals surface area contributed by atoms with Crippen molar-refractivity contribution >= 4 is 23.5 Å². The maximum absolute atomic E-state index is 11.7. The summed E-state index contributed by atoms with van der Waals surface area (Å²) < 4.78 is 6.57. The molecule has 2 rings (SSSR count). The molecule has 0 atom stereocenters. The third-order valence-corrected chi connectivity index (χ3v) is 3.10. The Bertz CT molecular complexity index is 652. The van der Waals surface area contributed by atoms with E-state index in [9.17, 15) is 9.59 Å². The van der Waals surface area contributed by atoms with Crippen molar-refractivity contribution in [1.82, 2.24) is 9.88 Å². The van der Waals surface area contributed by atoms with E-state index in [2.05, 4.69) is 5.32 Å². The molecule has 21 heavy (non-hydrogen) atoms. The Hall–Kier alpha value is -2.27. The molecule has 0 spiro atoms. The Kier molecular flexibility index (Phi) is 5.00. The molecule has 1 N–H and O–H groups in total. The van der Waals surface area contributed by atoms with E-state index in [1.165, 1.54) is 0 Å². The molecule has 0 saturated heterocycles. The Labute approximate surface area is 127 Å². The van der Waals surface area contributed by atoms with E-state index in [1.54, 1.807) is 48.1 Å². The van der Waals surface area contributed by atoms with Crippen LogP contribution in [0.15, 0.2) is 42.6 Å². The maximum atomic E-state index is 11.7. The molecule has 0 saturated carbocycles. The van der Waals surface area contributed by atoms with Gasteiger partial charge in [-0.15, -0.1) is 0 Å². The van der Waals surface area contributed by atoms with Gasteiger partial charge in [0.1, 0.15) is 5.69 Å². The lowest BCUT2D eigenvalue weighted by Crippen LogP contribution is -2.28. The summed E-state index contributed by atoms with van der Waals surface area (Å²) in [4.78, 5) is 23.3. The smallest absolute Gasteiger partial charge is 0.355 e. The van der Waals surface area contributed by atoms with Crippen molar-refractivity contribution in [3.05, 3.63) is 58.9 Å². The highest BCUT2D eigenvalue weighted by Crippen LogP contribution is 2.10. The van der Waals surface area contributed by atoms with Gasteiger partial charge in [0.25, 0.3) is 5.91 Å². The van der Waals surface area contributed by atoms with E-state index in [-0.39, 0.29) is 12.5 Å². The van der Waals surface area contributed by atoms with Crippen LogP contribution in [0, 0.1) is 0 Å². The number of aryl methyl sites for hydroxylation is 1. The molecular weight excluding hydrogens is 292 g/mol. The van der Waals surface area contributed by atoms with E-state index in [4.69, 9.17) is 16.3 Å². The van der Waals surface area contributed by atoms with Crippen molar-refractivity contribution in [2.24, 2.45) is 7.05 Å². The fraction of sp³-hybridized carbons (Fsp3) is 0.200. The van der Waals surface area contributed by atoms with E-state index in [0.717, 1.165) is 5.56 Å². The standard InChI is InChI=1S/C15H15ClN2O3/c1-18-7-3-6-13(18)15(20)21-10-14(19)17-9-11-4-2-5-12(16)8-11/h2-8H,9-10H2,1H3,(H,17,19). The molecular formula is C15H15ClN2O3. The monoisotopic (exact) mass is 306 g/mol. The second-order valence-electron chi connectivity index (χ2n) is 4.49. The Morgan fingerprint density at radius 3 is 2.76 bits per heavy atom. The molecule has 110 valence electrons. The molecule has 0 aliphatic carbocycles. The predicted molar refractivity (Wildman–Crippen MR) is 79.0 cm³/mol. The van der Waals surface area contributed by atoms with Gasteiger partial charge in [0.05, 0.1) is 0 Å². The van der Waals surface area contributed by atoms with Gasteiger partial charge in [-0.2, -0.15) is 0 Å². The number of carbonyl (C=O) groups is 2. The van der Waals surface area contributed by atoms with E-state index in [1.807, 2.05) is 6.07 Å². The number of hydrogen-bond donors (Lipinski definition) is 1. The number of aromatic nitrogens is 1. The summed E-state index contributed by atoms with van der Waals surface area (Å²) in [5, 5.41) is 3.27. The lowest BCUT2D eigenvalue weighted by atomic mass is 10.2. The molecule has 0 radical (unpaired) electrons. The molecule has 1 heterocycles. The highest BCUT2D eigenvalue weighted by molar-refractivity contribution is 6.30. The first-order valence-electron chi connectivity index (χ1n) is 6.36. The number of esters is 1. The fourth-order valence-corrected chi connectivity index (χ4v) is 1.99. The molecule has 0 unspecified atom stereocenters. The number of hydrogen-bond acceptors (Lipinski definition) is 3. The number of benzene rings is 1. The van der Waals surface area contributed by atoms with Crippen molar-refractivity contribution in [2.75, 3.05) is 6.61 Å². The molecule has 0 fully saturated rings. The minimum absolute atomic E-state index is 0.315. The number of halogens is 1. The van der Waals surface area contributed by atoms with E-state index >= 15 is 0 Å².